The van der Waals surface area contributed by atoms with Crippen LogP contribution in [0.25, 0.3) is 19.5 Å². The Morgan fingerprint density at radius 2 is 0.950 bits per heavy atom. The second kappa shape index (κ2) is 14.4. The molecular formula is C34H40O2S4. The molecule has 2 nitrogen and oxygen atoms in total. The Balaban J connectivity index is 1.51. The van der Waals surface area contributed by atoms with Gasteiger partial charge in [0.2, 0.25) is 0 Å². The van der Waals surface area contributed by atoms with E-state index in [1.54, 1.807) is 45.3 Å². The first-order valence-electron chi connectivity index (χ1n) is 15.1. The van der Waals surface area contributed by atoms with Gasteiger partial charge in [0.05, 0.1) is 20.9 Å². The molecule has 0 spiro atoms. The molecule has 0 amide bonds. The third-order valence-corrected chi connectivity index (χ3v) is 12.5. The van der Waals surface area contributed by atoms with Gasteiger partial charge in [-0.2, -0.15) is 0 Å². The van der Waals surface area contributed by atoms with Crippen LogP contribution in [0.4, 0.5) is 0 Å². The number of ketones is 2. The second-order valence-corrected chi connectivity index (χ2v) is 15.0. The minimum atomic E-state index is 0.0819. The van der Waals surface area contributed by atoms with Crippen LogP contribution in [0.1, 0.15) is 132 Å². The fraction of sp³-hybridized carbons (Fsp3) is 0.471. The molecule has 0 aliphatic heterocycles. The highest BCUT2D eigenvalue weighted by Crippen LogP contribution is 2.50. The van der Waals surface area contributed by atoms with Crippen molar-refractivity contribution >= 4 is 56.9 Å². The van der Waals surface area contributed by atoms with Crippen LogP contribution in [-0.4, -0.2) is 11.6 Å². The van der Waals surface area contributed by atoms with Crippen LogP contribution in [0.5, 0.6) is 0 Å². The van der Waals surface area contributed by atoms with E-state index in [4.69, 9.17) is 0 Å². The smallest absolute Gasteiger partial charge is 0.197 e. The van der Waals surface area contributed by atoms with Crippen LogP contribution in [0.2, 0.25) is 0 Å². The molecule has 6 heteroatoms. The Labute approximate surface area is 255 Å². The zero-order chi connectivity index (χ0) is 27.9. The topological polar surface area (TPSA) is 34.1 Å². The number of hydrogen-bond acceptors (Lipinski definition) is 6. The maximum atomic E-state index is 14.5. The van der Waals surface area contributed by atoms with Gasteiger partial charge in [-0.1, -0.05) is 90.2 Å². The van der Waals surface area contributed by atoms with E-state index < -0.39 is 0 Å². The summed E-state index contributed by atoms with van der Waals surface area (Å²) in [5, 5.41) is 4.11. The summed E-state index contributed by atoms with van der Waals surface area (Å²) >= 11 is 6.69. The highest BCUT2D eigenvalue weighted by Gasteiger charge is 2.41. The summed E-state index contributed by atoms with van der Waals surface area (Å²) in [4.78, 5) is 35.3. The van der Waals surface area contributed by atoms with E-state index in [0.29, 0.717) is 11.1 Å². The summed E-state index contributed by atoms with van der Waals surface area (Å²) in [6.07, 6.45) is 16.5. The van der Waals surface area contributed by atoms with Gasteiger partial charge >= 0.3 is 0 Å². The molecule has 0 aromatic carbocycles. The summed E-state index contributed by atoms with van der Waals surface area (Å²) in [7, 11) is 0. The predicted molar refractivity (Wildman–Crippen MR) is 176 cm³/mol. The quantitative estimate of drug-likeness (QED) is 0.104. The Bertz CT molecular complexity index is 1300. The maximum absolute atomic E-state index is 14.5. The third kappa shape index (κ3) is 6.30. The first-order valence-corrected chi connectivity index (χ1v) is 18.5. The van der Waals surface area contributed by atoms with Crippen molar-refractivity contribution in [3.05, 3.63) is 67.0 Å². The minimum Gasteiger partial charge on any atom is -0.288 e. The molecule has 0 fully saturated rings. The molecule has 4 aromatic heterocycles. The van der Waals surface area contributed by atoms with Crippen molar-refractivity contribution in [3.8, 4) is 19.5 Å². The van der Waals surface area contributed by atoms with Crippen molar-refractivity contribution < 1.29 is 9.59 Å². The van der Waals surface area contributed by atoms with Crippen molar-refractivity contribution in [3.63, 3.8) is 0 Å². The first kappa shape index (κ1) is 29.6. The van der Waals surface area contributed by atoms with Crippen molar-refractivity contribution in [2.24, 2.45) is 0 Å². The molecule has 0 saturated carbocycles. The number of thiophene rings is 4. The number of carbonyl (C=O) groups excluding carboxylic acids is 2. The Kier molecular flexibility index (Phi) is 10.6. The normalized spacial score (nSPS) is 12.8. The number of aryl methyl sites for hydroxylation is 2. The maximum Gasteiger partial charge on any atom is 0.197 e. The summed E-state index contributed by atoms with van der Waals surface area (Å²) in [5.41, 5.74) is 2.79. The molecule has 0 saturated heterocycles. The Morgan fingerprint density at radius 3 is 1.35 bits per heavy atom. The van der Waals surface area contributed by atoms with E-state index >= 15 is 0 Å². The summed E-state index contributed by atoms with van der Waals surface area (Å²) in [6, 6.07) is 8.23. The van der Waals surface area contributed by atoms with Crippen LogP contribution in [0, 0.1) is 0 Å². The largest absolute Gasteiger partial charge is 0.288 e. The molecule has 0 radical (unpaired) electrons. The van der Waals surface area contributed by atoms with Gasteiger partial charge in [-0.15, -0.1) is 45.3 Å². The minimum absolute atomic E-state index is 0.0819. The first-order chi connectivity index (χ1) is 19.7. The lowest BCUT2D eigenvalue weighted by atomic mass is 9.83. The highest BCUT2D eigenvalue weighted by atomic mass is 32.1. The fourth-order valence-corrected chi connectivity index (χ4v) is 10.2. The number of carbonyl (C=O) groups is 2. The lowest BCUT2D eigenvalue weighted by molar-refractivity contribution is 0.0980. The van der Waals surface area contributed by atoms with E-state index in [1.165, 1.54) is 64.2 Å². The second-order valence-electron chi connectivity index (χ2n) is 10.9. The molecule has 1 aliphatic rings. The Morgan fingerprint density at radius 1 is 0.525 bits per heavy atom. The van der Waals surface area contributed by atoms with Gasteiger partial charge in [0, 0.05) is 30.6 Å². The fourth-order valence-electron chi connectivity index (χ4n) is 5.77. The molecule has 4 aromatic rings. The molecule has 5 rings (SSSR count). The van der Waals surface area contributed by atoms with Crippen molar-refractivity contribution in [2.75, 3.05) is 0 Å². The van der Waals surface area contributed by atoms with E-state index in [2.05, 4.69) is 36.7 Å². The van der Waals surface area contributed by atoms with Crippen LogP contribution >= 0.6 is 45.3 Å². The third-order valence-electron chi connectivity index (χ3n) is 7.88. The molecule has 4 heterocycles. The van der Waals surface area contributed by atoms with Gasteiger partial charge in [-0.05, 0) is 48.6 Å². The predicted octanol–water partition coefficient (Wildman–Crippen LogP) is 11.8. The van der Waals surface area contributed by atoms with Gasteiger partial charge in [0.15, 0.2) is 11.6 Å². The van der Waals surface area contributed by atoms with Crippen LogP contribution < -0.4 is 0 Å². The average Bonchev–Trinajstić information content (AvgIpc) is 3.76. The van der Waals surface area contributed by atoms with Gasteiger partial charge in [0.25, 0.3) is 0 Å². The van der Waals surface area contributed by atoms with Crippen LogP contribution in [-0.2, 0) is 12.8 Å². The Hall–Kier alpha value is -1.86. The molecule has 0 unspecified atom stereocenters. The number of rotatable bonds is 16. The molecular weight excluding hydrogens is 569 g/mol. The van der Waals surface area contributed by atoms with Gasteiger partial charge < -0.3 is 0 Å². The zero-order valence-electron chi connectivity index (χ0n) is 23.8. The molecule has 1 aliphatic carbocycles. The van der Waals surface area contributed by atoms with Crippen LogP contribution in [0.3, 0.4) is 0 Å². The standard InChI is InChI=1S/C34H40O2S4/c1-3-5-7-9-11-13-17-23-27-28(24(39-23)18-14-12-10-8-6-4-2)32(36)30-29(31(27)35)33(25-19-15-21-37-25)40-34(30)26-20-16-22-38-26/h15-16,19-22H,3-14,17-18H2,1-2H3. The average molecular weight is 609 g/mol. The number of unbranched alkanes of at least 4 members (excludes halogenated alkanes) is 10. The van der Waals surface area contributed by atoms with Crippen molar-refractivity contribution in [2.45, 2.75) is 104 Å². The van der Waals surface area contributed by atoms with Crippen LogP contribution in [0.15, 0.2) is 35.0 Å². The molecule has 212 valence electrons. The van der Waals surface area contributed by atoms with Crippen molar-refractivity contribution in [1.82, 2.24) is 0 Å². The van der Waals surface area contributed by atoms with E-state index in [1.807, 2.05) is 12.1 Å². The molecule has 40 heavy (non-hydrogen) atoms. The summed E-state index contributed by atoms with van der Waals surface area (Å²) < 4.78 is 0. The molecule has 0 atom stereocenters. The summed E-state index contributed by atoms with van der Waals surface area (Å²) in [5.74, 6) is 0.164. The van der Waals surface area contributed by atoms with E-state index in [0.717, 1.165) is 66.1 Å². The lowest BCUT2D eigenvalue weighted by Crippen LogP contribution is -2.21. The number of fused-ring (bicyclic) bond motifs is 2. The van der Waals surface area contributed by atoms with Gasteiger partial charge in [-0.25, -0.2) is 0 Å². The SMILES string of the molecule is CCCCCCCCc1sc(CCCCCCCC)c2c1C(=O)c1c(-c3cccs3)sc(-c3cccs3)c1C2=O. The summed E-state index contributed by atoms with van der Waals surface area (Å²) in [6.45, 7) is 4.50. The van der Waals surface area contributed by atoms with Gasteiger partial charge in [-0.3, -0.25) is 9.59 Å². The zero-order valence-corrected chi connectivity index (χ0v) is 27.1. The van der Waals surface area contributed by atoms with E-state index in [9.17, 15) is 9.59 Å². The molecule has 0 N–H and O–H groups in total. The number of hydrogen-bond donors (Lipinski definition) is 0. The van der Waals surface area contributed by atoms with Gasteiger partial charge in [0.1, 0.15) is 0 Å². The van der Waals surface area contributed by atoms with Crippen molar-refractivity contribution in [1.29, 1.82) is 0 Å². The van der Waals surface area contributed by atoms with E-state index in [-0.39, 0.29) is 11.6 Å². The highest BCUT2D eigenvalue weighted by molar-refractivity contribution is 7.26. The lowest BCUT2D eigenvalue weighted by Gasteiger charge is -2.16. The monoisotopic (exact) mass is 608 g/mol. The molecule has 0 bridgehead atoms.